The molecule has 0 radical (unpaired) electrons. The fourth-order valence-electron chi connectivity index (χ4n) is 2.97. The van der Waals surface area contributed by atoms with Crippen molar-refractivity contribution in [3.63, 3.8) is 0 Å². The lowest BCUT2D eigenvalue weighted by Gasteiger charge is -2.11. The van der Waals surface area contributed by atoms with Gasteiger partial charge < -0.3 is 14.6 Å². The van der Waals surface area contributed by atoms with Crippen LogP contribution in [-0.2, 0) is 29.5 Å². The van der Waals surface area contributed by atoms with E-state index in [1.165, 1.54) is 25.3 Å². The number of hydrogen-bond donors (Lipinski definition) is 2. The lowest BCUT2D eigenvalue weighted by atomic mass is 10.2. The van der Waals surface area contributed by atoms with Gasteiger partial charge >= 0.3 is 0 Å². The molecule has 0 aliphatic carbocycles. The maximum Gasteiger partial charge on any atom is 0.255 e. The van der Waals surface area contributed by atoms with Crippen LogP contribution in [0.25, 0.3) is 0 Å². The van der Waals surface area contributed by atoms with E-state index in [2.05, 4.69) is 15.5 Å². The van der Waals surface area contributed by atoms with E-state index in [9.17, 15) is 13.2 Å². The lowest BCUT2D eigenvalue weighted by Crippen LogP contribution is -2.26. The number of hydrogen-bond acceptors (Lipinski definition) is 6. The fourth-order valence-corrected chi connectivity index (χ4v) is 3.51. The number of sulfonamides is 1. The first-order valence-electron chi connectivity index (χ1n) is 8.30. The Morgan fingerprint density at radius 2 is 2.12 bits per heavy atom. The minimum atomic E-state index is -3.92. The number of carbonyl (C=O) groups excluding carboxylic acids is 1. The van der Waals surface area contributed by atoms with E-state index in [1.807, 2.05) is 4.57 Å². The molecule has 140 valence electrons. The lowest BCUT2D eigenvalue weighted by molar-refractivity contribution is 0.0946. The summed E-state index contributed by atoms with van der Waals surface area (Å²) in [5.74, 6) is 1.39. The van der Waals surface area contributed by atoms with E-state index < -0.39 is 15.9 Å². The number of amides is 1. The van der Waals surface area contributed by atoms with Gasteiger partial charge in [-0.2, -0.15) is 0 Å². The van der Waals surface area contributed by atoms with E-state index in [0.717, 1.165) is 38.1 Å². The number of primary sulfonamides is 1. The van der Waals surface area contributed by atoms with Crippen LogP contribution >= 0.6 is 0 Å². The molecule has 10 heteroatoms. The van der Waals surface area contributed by atoms with E-state index in [0.29, 0.717) is 5.82 Å². The Morgan fingerprint density at radius 1 is 1.31 bits per heavy atom. The molecular formula is C16H21N5O4S. The van der Waals surface area contributed by atoms with E-state index in [1.54, 1.807) is 0 Å². The van der Waals surface area contributed by atoms with Crippen LogP contribution in [0.5, 0.6) is 5.75 Å². The first kappa shape index (κ1) is 18.3. The van der Waals surface area contributed by atoms with Gasteiger partial charge in [-0.1, -0.05) is 6.42 Å². The molecule has 1 amide bonds. The summed E-state index contributed by atoms with van der Waals surface area (Å²) in [5, 5.41) is 16.2. The number of aromatic nitrogens is 3. The van der Waals surface area contributed by atoms with Crippen molar-refractivity contribution < 1.29 is 17.9 Å². The second-order valence-electron chi connectivity index (χ2n) is 6.08. The number of rotatable bonds is 5. The van der Waals surface area contributed by atoms with Crippen LogP contribution in [-0.4, -0.2) is 36.2 Å². The third-order valence-electron chi connectivity index (χ3n) is 4.34. The number of carbonyl (C=O) groups is 1. The second-order valence-corrected chi connectivity index (χ2v) is 7.65. The molecule has 0 saturated heterocycles. The number of nitrogens with two attached hydrogens (primary N) is 1. The topological polar surface area (TPSA) is 129 Å². The highest BCUT2D eigenvalue weighted by molar-refractivity contribution is 7.89. The van der Waals surface area contributed by atoms with Gasteiger partial charge in [-0.3, -0.25) is 4.79 Å². The largest absolute Gasteiger partial charge is 0.496 e. The fraction of sp³-hybridized carbons (Fsp3) is 0.438. The standard InChI is InChI=1S/C16H21N5O4S/c1-25-13-7-6-11(26(17,23)24)9-12(13)16(22)18-10-15-20-19-14-5-3-2-4-8-21(14)15/h6-7,9H,2-5,8,10H2,1H3,(H,18,22)(H2,17,23,24). The highest BCUT2D eigenvalue weighted by atomic mass is 32.2. The summed E-state index contributed by atoms with van der Waals surface area (Å²) in [6.07, 6.45) is 4.16. The molecule has 26 heavy (non-hydrogen) atoms. The third-order valence-corrected chi connectivity index (χ3v) is 5.25. The van der Waals surface area contributed by atoms with Gasteiger partial charge in [0.05, 0.1) is 24.1 Å². The van der Waals surface area contributed by atoms with Crippen molar-refractivity contribution in [2.75, 3.05) is 7.11 Å². The quantitative estimate of drug-likeness (QED) is 0.782. The molecule has 0 unspecified atom stereocenters. The average molecular weight is 379 g/mol. The summed E-state index contributed by atoms with van der Waals surface area (Å²) in [6, 6.07) is 3.90. The molecule has 2 heterocycles. The van der Waals surface area contributed by atoms with Gasteiger partial charge in [0.15, 0.2) is 5.82 Å². The van der Waals surface area contributed by atoms with Crippen molar-refractivity contribution in [3.05, 3.63) is 35.4 Å². The van der Waals surface area contributed by atoms with Crippen LogP contribution in [0.4, 0.5) is 0 Å². The predicted molar refractivity (Wildman–Crippen MR) is 93.1 cm³/mol. The molecule has 2 aromatic rings. The number of nitrogens with zero attached hydrogens (tertiary/aromatic N) is 3. The number of nitrogens with one attached hydrogen (secondary N) is 1. The van der Waals surface area contributed by atoms with Gasteiger partial charge in [0.25, 0.3) is 5.91 Å². The van der Waals surface area contributed by atoms with Crippen LogP contribution in [0.2, 0.25) is 0 Å². The second kappa shape index (κ2) is 7.42. The molecule has 0 bridgehead atoms. The SMILES string of the molecule is COc1ccc(S(N)(=O)=O)cc1C(=O)NCc1nnc2n1CCCCC2. The first-order chi connectivity index (χ1) is 12.4. The van der Waals surface area contributed by atoms with E-state index in [4.69, 9.17) is 9.88 Å². The third kappa shape index (κ3) is 3.86. The van der Waals surface area contributed by atoms with Crippen molar-refractivity contribution in [1.29, 1.82) is 0 Å². The molecule has 0 fully saturated rings. The Hall–Kier alpha value is -2.46. The molecule has 0 saturated carbocycles. The summed E-state index contributed by atoms with van der Waals surface area (Å²) in [4.78, 5) is 12.4. The molecule has 0 atom stereocenters. The molecule has 1 aromatic carbocycles. The van der Waals surface area contributed by atoms with Crippen LogP contribution in [0, 0.1) is 0 Å². The van der Waals surface area contributed by atoms with Crippen LogP contribution in [0.3, 0.4) is 0 Å². The summed E-state index contributed by atoms with van der Waals surface area (Å²) in [6.45, 7) is 1.02. The minimum absolute atomic E-state index is 0.0923. The molecular weight excluding hydrogens is 358 g/mol. The van der Waals surface area contributed by atoms with Crippen molar-refractivity contribution in [2.45, 2.75) is 43.7 Å². The van der Waals surface area contributed by atoms with Crippen molar-refractivity contribution in [3.8, 4) is 5.75 Å². The monoisotopic (exact) mass is 379 g/mol. The molecule has 1 aliphatic rings. The molecule has 9 nitrogen and oxygen atoms in total. The summed E-state index contributed by atoms with van der Waals surface area (Å²) >= 11 is 0. The number of benzene rings is 1. The summed E-state index contributed by atoms with van der Waals surface area (Å²) in [7, 11) is -2.52. The highest BCUT2D eigenvalue weighted by Crippen LogP contribution is 2.22. The normalized spacial score (nSPS) is 14.4. The van der Waals surface area contributed by atoms with E-state index >= 15 is 0 Å². The maximum absolute atomic E-state index is 12.6. The Kier molecular flexibility index (Phi) is 5.23. The Labute approximate surface area is 151 Å². The van der Waals surface area contributed by atoms with Crippen LogP contribution < -0.4 is 15.2 Å². The average Bonchev–Trinajstić information content (AvgIpc) is 2.84. The van der Waals surface area contributed by atoms with Gasteiger partial charge in [-0.15, -0.1) is 10.2 Å². The molecule has 3 rings (SSSR count). The number of fused-ring (bicyclic) bond motifs is 1. The zero-order chi connectivity index (χ0) is 18.7. The smallest absolute Gasteiger partial charge is 0.255 e. The van der Waals surface area contributed by atoms with Crippen molar-refractivity contribution >= 4 is 15.9 Å². The number of aryl methyl sites for hydroxylation is 1. The zero-order valence-corrected chi connectivity index (χ0v) is 15.3. The summed E-state index contributed by atoms with van der Waals surface area (Å²) < 4.78 is 30.2. The van der Waals surface area contributed by atoms with Crippen LogP contribution in [0.15, 0.2) is 23.1 Å². The molecule has 3 N–H and O–H groups in total. The number of ether oxygens (including phenoxy) is 1. The Balaban J connectivity index is 1.79. The zero-order valence-electron chi connectivity index (χ0n) is 14.4. The molecule has 1 aliphatic heterocycles. The van der Waals surface area contributed by atoms with Crippen molar-refractivity contribution in [2.24, 2.45) is 5.14 Å². The van der Waals surface area contributed by atoms with Gasteiger partial charge in [-0.05, 0) is 31.0 Å². The Bertz CT molecular complexity index is 923. The molecule has 1 aromatic heterocycles. The van der Waals surface area contributed by atoms with Gasteiger partial charge in [0.1, 0.15) is 11.6 Å². The minimum Gasteiger partial charge on any atom is -0.496 e. The molecule has 0 spiro atoms. The predicted octanol–water partition coefficient (Wildman–Crippen LogP) is 0.590. The van der Waals surface area contributed by atoms with Crippen molar-refractivity contribution in [1.82, 2.24) is 20.1 Å². The van der Waals surface area contributed by atoms with Gasteiger partial charge in [0.2, 0.25) is 10.0 Å². The van der Waals surface area contributed by atoms with Crippen LogP contribution in [0.1, 0.15) is 41.3 Å². The van der Waals surface area contributed by atoms with Gasteiger partial charge in [-0.25, -0.2) is 13.6 Å². The number of methoxy groups -OCH3 is 1. The maximum atomic E-state index is 12.6. The van der Waals surface area contributed by atoms with E-state index in [-0.39, 0.29) is 22.8 Å². The first-order valence-corrected chi connectivity index (χ1v) is 9.85. The van der Waals surface area contributed by atoms with Gasteiger partial charge in [0, 0.05) is 13.0 Å². The Morgan fingerprint density at radius 3 is 2.85 bits per heavy atom. The summed E-state index contributed by atoms with van der Waals surface area (Å²) in [5.41, 5.74) is 0.0923. The highest BCUT2D eigenvalue weighted by Gasteiger charge is 2.19.